The van der Waals surface area contributed by atoms with Crippen LogP contribution in [-0.4, -0.2) is 22.1 Å². The lowest BCUT2D eigenvalue weighted by atomic mass is 9.74. The molecule has 0 fully saturated rings. The number of hydrogen-bond acceptors (Lipinski definition) is 5. The van der Waals surface area contributed by atoms with Crippen LogP contribution >= 0.6 is 69.6 Å². The van der Waals surface area contributed by atoms with Crippen molar-refractivity contribution in [3.8, 4) is 0 Å². The summed E-state index contributed by atoms with van der Waals surface area (Å²) in [5, 5.41) is 28.9. The van der Waals surface area contributed by atoms with E-state index in [9.17, 15) is 20.2 Å². The fourth-order valence-electron chi connectivity index (χ4n) is 8.05. The van der Waals surface area contributed by atoms with Gasteiger partial charge in [0, 0.05) is 54.2 Å². The zero-order valence-electron chi connectivity index (χ0n) is 31.5. The minimum absolute atomic E-state index is 0.152. The van der Waals surface area contributed by atoms with Gasteiger partial charge in [0.1, 0.15) is 12.2 Å². The number of hydrogen-bond donors (Lipinski definition) is 0. The van der Waals surface area contributed by atoms with E-state index < -0.39 is 33.1 Å². The first-order chi connectivity index (χ1) is 29.4. The largest absolute Gasteiger partial charge is 0.356 e. The van der Waals surface area contributed by atoms with E-state index in [1.165, 1.54) is 24.3 Å². The number of ether oxygens (including phenoxy) is 1. The summed E-state index contributed by atoms with van der Waals surface area (Å²) < 4.78 is 7.48. The number of nitro groups is 2. The van der Waals surface area contributed by atoms with Gasteiger partial charge in [0.15, 0.2) is 0 Å². The summed E-state index contributed by atoms with van der Waals surface area (Å²) in [5.41, 5.74) is -0.877. The smallest absolute Gasteiger partial charge is 0.286 e. The van der Waals surface area contributed by atoms with E-state index in [1.807, 2.05) is 0 Å². The molecule has 0 amide bonds. The fourth-order valence-corrected chi connectivity index (χ4v) is 9.60. The highest BCUT2D eigenvalue weighted by molar-refractivity contribution is 6.35. The molecule has 8 rings (SSSR count). The predicted molar refractivity (Wildman–Crippen MR) is 247 cm³/mol. The van der Waals surface area contributed by atoms with Gasteiger partial charge in [-0.3, -0.25) is 20.2 Å². The summed E-state index contributed by atoms with van der Waals surface area (Å²) in [6.07, 6.45) is 3.58. The van der Waals surface area contributed by atoms with Crippen LogP contribution in [0.4, 0.5) is 0 Å². The lowest BCUT2D eigenvalue weighted by Gasteiger charge is -2.39. The minimum atomic E-state index is -2.07. The Morgan fingerprint density at radius 3 is 0.836 bits per heavy atom. The van der Waals surface area contributed by atoms with E-state index in [-0.39, 0.29) is 41.3 Å². The molecule has 0 N–H and O–H groups in total. The number of benzene rings is 6. The highest BCUT2D eigenvalue weighted by atomic mass is 35.5. The third-order valence-electron chi connectivity index (χ3n) is 10.9. The van der Waals surface area contributed by atoms with E-state index in [4.69, 9.17) is 74.3 Å². The van der Waals surface area contributed by atoms with E-state index in [0.29, 0.717) is 44.5 Å². The van der Waals surface area contributed by atoms with Crippen LogP contribution in [0.1, 0.15) is 33.4 Å². The van der Waals surface area contributed by atoms with Crippen molar-refractivity contribution in [1.29, 1.82) is 0 Å². The topological polar surface area (TPSA) is 95.5 Å². The number of halogens is 6. The molecule has 0 saturated heterocycles. The SMILES string of the molecule is O=[N+]([O-])C1(c2ccccc2Cl)C=C(c2ccccc2Cl)C(OC2C(c3ccccc3Cl)=CC(c3ccccc3Cl)([N+](=O)[O-])C=C2c2ccccc2Cl)C(c2ccccc2Cl)=C1. The van der Waals surface area contributed by atoms with Crippen molar-refractivity contribution in [2.75, 3.05) is 0 Å². The van der Waals surface area contributed by atoms with Crippen LogP contribution in [0.2, 0.25) is 30.1 Å². The first-order valence-corrected chi connectivity index (χ1v) is 21.0. The quantitative estimate of drug-likeness (QED) is 0.101. The molecule has 0 aromatic heterocycles. The second-order valence-electron chi connectivity index (χ2n) is 14.3. The van der Waals surface area contributed by atoms with Crippen LogP contribution in [0.25, 0.3) is 22.3 Å². The number of nitrogens with zero attached hydrogens (tertiary/aromatic N) is 2. The van der Waals surface area contributed by atoms with E-state index in [1.54, 1.807) is 146 Å². The van der Waals surface area contributed by atoms with Gasteiger partial charge >= 0.3 is 0 Å². The minimum Gasteiger partial charge on any atom is -0.356 e. The first-order valence-electron chi connectivity index (χ1n) is 18.7. The predicted octanol–water partition coefficient (Wildman–Crippen LogP) is 14.4. The standard InChI is InChI=1S/C48H30Cl6N2O5/c49-39-19-7-1-13-29(39)33-25-47(55(57)58,37-17-5-11-23-43(37)53)26-34(30-14-2-8-20-40(30)50)45(33)61-46-35(31-15-3-9-21-41(31)51)27-48(56(59)60,38-18-6-12-24-44(38)54)28-36(46)32-16-4-10-22-42(32)52/h1-28,45-46H. The molecule has 13 heteroatoms. The van der Waals surface area contributed by atoms with Crippen LogP contribution in [0, 0.1) is 20.2 Å². The monoisotopic (exact) mass is 924 g/mol. The van der Waals surface area contributed by atoms with Gasteiger partial charge in [-0.2, -0.15) is 0 Å². The lowest BCUT2D eigenvalue weighted by molar-refractivity contribution is -0.548. The normalized spacial score (nSPS) is 21.1. The Morgan fingerprint density at radius 2 is 0.607 bits per heavy atom. The van der Waals surface area contributed by atoms with Crippen molar-refractivity contribution < 1.29 is 14.6 Å². The Bertz CT molecular complexity index is 2550. The summed E-state index contributed by atoms with van der Waals surface area (Å²) in [6.45, 7) is 0. The first kappa shape index (κ1) is 42.5. The van der Waals surface area contributed by atoms with Gasteiger partial charge in [0.25, 0.3) is 11.1 Å². The van der Waals surface area contributed by atoms with Crippen LogP contribution in [0.15, 0.2) is 170 Å². The molecule has 0 saturated carbocycles. The Labute approximate surface area is 381 Å². The summed E-state index contributed by atoms with van der Waals surface area (Å²) in [7, 11) is 0. The van der Waals surface area contributed by atoms with Gasteiger partial charge in [-0.15, -0.1) is 0 Å². The summed E-state index contributed by atoms with van der Waals surface area (Å²) in [6, 6.07) is 40.7. The second-order valence-corrected chi connectivity index (χ2v) is 16.8. The zero-order chi connectivity index (χ0) is 43.1. The molecular formula is C48H30Cl6N2O5. The van der Waals surface area contributed by atoms with Crippen LogP contribution in [0.3, 0.4) is 0 Å². The molecule has 7 nitrogen and oxygen atoms in total. The molecule has 6 aromatic rings. The maximum atomic E-state index is 13.7. The molecule has 0 heterocycles. The van der Waals surface area contributed by atoms with Gasteiger partial charge in [-0.1, -0.05) is 167 Å². The molecule has 304 valence electrons. The van der Waals surface area contributed by atoms with E-state index in [2.05, 4.69) is 0 Å². The maximum Gasteiger partial charge on any atom is 0.286 e. The Kier molecular flexibility index (Phi) is 12.0. The lowest BCUT2D eigenvalue weighted by Crippen LogP contribution is -2.41. The van der Waals surface area contributed by atoms with Gasteiger partial charge in [0.2, 0.25) is 0 Å². The Balaban J connectivity index is 1.48. The average molecular weight is 927 g/mol. The average Bonchev–Trinajstić information content (AvgIpc) is 3.25. The highest BCUT2D eigenvalue weighted by Crippen LogP contribution is 2.53. The molecule has 2 aliphatic carbocycles. The fraction of sp³-hybridized carbons (Fsp3) is 0.0833. The zero-order valence-corrected chi connectivity index (χ0v) is 36.1. The third-order valence-corrected chi connectivity index (χ3v) is 12.8. The molecule has 0 unspecified atom stereocenters. The van der Waals surface area contributed by atoms with Crippen molar-refractivity contribution in [2.45, 2.75) is 23.3 Å². The van der Waals surface area contributed by atoms with Crippen molar-refractivity contribution in [1.82, 2.24) is 0 Å². The van der Waals surface area contributed by atoms with Gasteiger partial charge in [0.05, 0.1) is 21.2 Å². The van der Waals surface area contributed by atoms with Crippen LogP contribution in [-0.2, 0) is 15.8 Å². The van der Waals surface area contributed by atoms with Gasteiger partial charge < -0.3 is 4.74 Å². The van der Waals surface area contributed by atoms with Gasteiger partial charge in [-0.05, 0) is 93.1 Å². The Morgan fingerprint density at radius 1 is 0.377 bits per heavy atom. The Hall–Kier alpha value is -5.22. The maximum absolute atomic E-state index is 13.7. The van der Waals surface area contributed by atoms with Crippen molar-refractivity contribution in [3.63, 3.8) is 0 Å². The second kappa shape index (κ2) is 17.3. The molecule has 6 aromatic carbocycles. The van der Waals surface area contributed by atoms with E-state index >= 15 is 0 Å². The molecular weight excluding hydrogens is 897 g/mol. The third kappa shape index (κ3) is 7.70. The van der Waals surface area contributed by atoms with Crippen LogP contribution in [0.5, 0.6) is 0 Å². The molecule has 0 atom stereocenters. The molecule has 0 spiro atoms. The molecule has 0 radical (unpaired) electrons. The summed E-state index contributed by atoms with van der Waals surface area (Å²) in [4.78, 5) is 26.6. The molecule has 61 heavy (non-hydrogen) atoms. The highest BCUT2D eigenvalue weighted by Gasteiger charge is 2.52. The van der Waals surface area contributed by atoms with Crippen molar-refractivity contribution in [2.24, 2.45) is 0 Å². The van der Waals surface area contributed by atoms with Crippen LogP contribution < -0.4 is 0 Å². The molecule has 0 bridgehead atoms. The summed E-state index contributed by atoms with van der Waals surface area (Å²) >= 11 is 41.6. The van der Waals surface area contributed by atoms with Crippen molar-refractivity contribution in [3.05, 3.63) is 254 Å². The van der Waals surface area contributed by atoms with Crippen molar-refractivity contribution >= 4 is 91.9 Å². The molecule has 0 aliphatic heterocycles. The van der Waals surface area contributed by atoms with Gasteiger partial charge in [-0.25, -0.2) is 0 Å². The molecule has 2 aliphatic rings. The number of rotatable bonds is 10. The van der Waals surface area contributed by atoms with E-state index in [0.717, 1.165) is 0 Å². The summed E-state index contributed by atoms with van der Waals surface area (Å²) in [5.74, 6) is 0.